The Morgan fingerprint density at radius 2 is 2.33 bits per heavy atom. The molecule has 0 unspecified atom stereocenters. The van der Waals surface area contributed by atoms with E-state index < -0.39 is 5.82 Å². The third kappa shape index (κ3) is 2.74. The quantitative estimate of drug-likeness (QED) is 0.764. The number of carbonyl (C=O) groups excluding carboxylic acids is 1. The van der Waals surface area contributed by atoms with Gasteiger partial charge >= 0.3 is 0 Å². The molecule has 0 aliphatic carbocycles. The summed E-state index contributed by atoms with van der Waals surface area (Å²) < 4.78 is 20.7. The fourth-order valence-corrected chi connectivity index (χ4v) is 1.55. The standard InChI is InChI=1S/C13H13FN2O2/c1-2-5-16-8-11(7-15-16)18-13-4-3-10(9-17)6-12(13)14/h3-4,6-9H,2,5H2,1H3. The van der Waals surface area contributed by atoms with Crippen molar-refractivity contribution < 1.29 is 13.9 Å². The molecule has 1 aromatic heterocycles. The fourth-order valence-electron chi connectivity index (χ4n) is 1.55. The molecule has 0 spiro atoms. The summed E-state index contributed by atoms with van der Waals surface area (Å²) in [4.78, 5) is 10.5. The predicted molar refractivity (Wildman–Crippen MR) is 64.4 cm³/mol. The van der Waals surface area contributed by atoms with Crippen molar-refractivity contribution in [1.82, 2.24) is 9.78 Å². The molecule has 0 radical (unpaired) electrons. The van der Waals surface area contributed by atoms with E-state index in [9.17, 15) is 9.18 Å². The second-order valence-corrected chi connectivity index (χ2v) is 3.85. The van der Waals surface area contributed by atoms with Crippen LogP contribution in [0, 0.1) is 5.82 Å². The van der Waals surface area contributed by atoms with Crippen molar-refractivity contribution in [3.05, 3.63) is 42.0 Å². The van der Waals surface area contributed by atoms with Gasteiger partial charge in [0.2, 0.25) is 0 Å². The van der Waals surface area contributed by atoms with Crippen LogP contribution in [0.25, 0.3) is 0 Å². The van der Waals surface area contributed by atoms with Gasteiger partial charge < -0.3 is 4.74 Å². The van der Waals surface area contributed by atoms with E-state index in [1.165, 1.54) is 18.3 Å². The number of ether oxygens (including phenoxy) is 1. The summed E-state index contributed by atoms with van der Waals surface area (Å²) in [7, 11) is 0. The number of hydrogen-bond donors (Lipinski definition) is 0. The SMILES string of the molecule is CCCn1cc(Oc2ccc(C=O)cc2F)cn1. The summed E-state index contributed by atoms with van der Waals surface area (Å²) in [5.41, 5.74) is 0.279. The molecule has 94 valence electrons. The van der Waals surface area contributed by atoms with Crippen LogP contribution in [0.5, 0.6) is 11.5 Å². The molecule has 0 fully saturated rings. The van der Waals surface area contributed by atoms with Gasteiger partial charge in [-0.3, -0.25) is 9.48 Å². The van der Waals surface area contributed by atoms with E-state index in [-0.39, 0.29) is 11.3 Å². The minimum absolute atomic E-state index is 0.0802. The molecule has 0 atom stereocenters. The first kappa shape index (κ1) is 12.3. The van der Waals surface area contributed by atoms with Crippen LogP contribution in [0.2, 0.25) is 0 Å². The monoisotopic (exact) mass is 248 g/mol. The molecule has 0 bridgehead atoms. The largest absolute Gasteiger partial charge is 0.451 e. The molecule has 0 amide bonds. The van der Waals surface area contributed by atoms with Crippen molar-refractivity contribution in [3.8, 4) is 11.5 Å². The fraction of sp³-hybridized carbons (Fsp3) is 0.231. The molecule has 0 saturated carbocycles. The van der Waals surface area contributed by atoms with E-state index in [4.69, 9.17) is 4.74 Å². The number of carbonyl (C=O) groups is 1. The molecular formula is C13H13FN2O2. The Kier molecular flexibility index (Phi) is 3.72. The van der Waals surface area contributed by atoms with E-state index >= 15 is 0 Å². The third-order valence-electron chi connectivity index (χ3n) is 2.38. The minimum Gasteiger partial charge on any atom is -0.451 e. The Labute approximate surface area is 104 Å². The highest BCUT2D eigenvalue weighted by Crippen LogP contribution is 2.24. The average Bonchev–Trinajstić information content (AvgIpc) is 2.80. The van der Waals surface area contributed by atoms with E-state index in [0.717, 1.165) is 19.0 Å². The van der Waals surface area contributed by atoms with Gasteiger partial charge in [-0.25, -0.2) is 4.39 Å². The normalized spacial score (nSPS) is 10.3. The number of nitrogens with zero attached hydrogens (tertiary/aromatic N) is 2. The molecule has 2 aromatic rings. The molecule has 1 aromatic carbocycles. The Morgan fingerprint density at radius 3 is 3.00 bits per heavy atom. The first-order valence-corrected chi connectivity index (χ1v) is 5.68. The number of aldehydes is 1. The molecule has 0 aliphatic rings. The molecular weight excluding hydrogens is 235 g/mol. The molecule has 2 rings (SSSR count). The number of benzene rings is 1. The molecule has 0 N–H and O–H groups in total. The van der Waals surface area contributed by atoms with E-state index in [0.29, 0.717) is 12.0 Å². The lowest BCUT2D eigenvalue weighted by Gasteiger charge is -2.04. The zero-order chi connectivity index (χ0) is 13.0. The maximum atomic E-state index is 13.6. The van der Waals surface area contributed by atoms with Crippen LogP contribution < -0.4 is 4.74 Å². The number of halogens is 1. The van der Waals surface area contributed by atoms with E-state index in [1.54, 1.807) is 10.9 Å². The predicted octanol–water partition coefficient (Wildman–Crippen LogP) is 3.04. The summed E-state index contributed by atoms with van der Waals surface area (Å²) in [6.07, 6.45) is 4.79. The molecule has 4 nitrogen and oxygen atoms in total. The van der Waals surface area contributed by atoms with E-state index in [2.05, 4.69) is 5.10 Å². The van der Waals surface area contributed by atoms with Crippen molar-refractivity contribution in [1.29, 1.82) is 0 Å². The van der Waals surface area contributed by atoms with Gasteiger partial charge in [-0.1, -0.05) is 6.92 Å². The summed E-state index contributed by atoms with van der Waals surface area (Å²) >= 11 is 0. The highest BCUT2D eigenvalue weighted by atomic mass is 19.1. The Hall–Kier alpha value is -2.17. The van der Waals surface area contributed by atoms with Crippen LogP contribution in [0.3, 0.4) is 0 Å². The van der Waals surface area contributed by atoms with Gasteiger partial charge in [0.05, 0.1) is 12.4 Å². The molecule has 18 heavy (non-hydrogen) atoms. The molecule has 1 heterocycles. The average molecular weight is 248 g/mol. The molecule has 5 heteroatoms. The van der Waals surface area contributed by atoms with Crippen LogP contribution >= 0.6 is 0 Å². The van der Waals surface area contributed by atoms with Gasteiger partial charge in [-0.15, -0.1) is 0 Å². The summed E-state index contributed by atoms with van der Waals surface area (Å²) in [5.74, 6) is -0.0132. The zero-order valence-corrected chi connectivity index (χ0v) is 9.97. The Morgan fingerprint density at radius 1 is 1.50 bits per heavy atom. The maximum Gasteiger partial charge on any atom is 0.166 e. The van der Waals surface area contributed by atoms with Gasteiger partial charge in [0.1, 0.15) is 6.29 Å². The Balaban J connectivity index is 2.15. The van der Waals surface area contributed by atoms with Crippen molar-refractivity contribution in [2.24, 2.45) is 0 Å². The maximum absolute atomic E-state index is 13.6. The van der Waals surface area contributed by atoms with Crippen molar-refractivity contribution in [3.63, 3.8) is 0 Å². The number of aromatic nitrogens is 2. The second-order valence-electron chi connectivity index (χ2n) is 3.85. The van der Waals surface area contributed by atoms with Crippen molar-refractivity contribution >= 4 is 6.29 Å². The van der Waals surface area contributed by atoms with Gasteiger partial charge in [0.15, 0.2) is 17.3 Å². The smallest absolute Gasteiger partial charge is 0.166 e. The summed E-state index contributed by atoms with van der Waals surface area (Å²) in [6, 6.07) is 4.07. The highest BCUT2D eigenvalue weighted by Gasteiger charge is 2.07. The number of hydrogen-bond acceptors (Lipinski definition) is 3. The van der Waals surface area contributed by atoms with Crippen LogP contribution in [0.15, 0.2) is 30.6 Å². The minimum atomic E-state index is -0.567. The van der Waals surface area contributed by atoms with E-state index in [1.807, 2.05) is 6.92 Å². The lowest BCUT2D eigenvalue weighted by atomic mass is 10.2. The first-order valence-electron chi connectivity index (χ1n) is 5.68. The lowest BCUT2D eigenvalue weighted by molar-refractivity contribution is 0.112. The third-order valence-corrected chi connectivity index (χ3v) is 2.38. The van der Waals surface area contributed by atoms with Crippen LogP contribution in [0.1, 0.15) is 23.7 Å². The van der Waals surface area contributed by atoms with Crippen LogP contribution in [0.4, 0.5) is 4.39 Å². The lowest BCUT2D eigenvalue weighted by Crippen LogP contribution is -1.95. The second kappa shape index (κ2) is 5.44. The summed E-state index contributed by atoms with van der Waals surface area (Å²) in [5, 5.41) is 4.08. The van der Waals surface area contributed by atoms with Gasteiger partial charge in [0.25, 0.3) is 0 Å². The highest BCUT2D eigenvalue weighted by molar-refractivity contribution is 5.75. The first-order chi connectivity index (χ1) is 8.72. The van der Waals surface area contributed by atoms with Crippen LogP contribution in [-0.4, -0.2) is 16.1 Å². The van der Waals surface area contributed by atoms with Gasteiger partial charge in [0, 0.05) is 12.1 Å². The number of aryl methyl sites for hydroxylation is 1. The number of rotatable bonds is 5. The summed E-state index contributed by atoms with van der Waals surface area (Å²) in [6.45, 7) is 2.83. The molecule has 0 saturated heterocycles. The van der Waals surface area contributed by atoms with Gasteiger partial charge in [-0.2, -0.15) is 5.10 Å². The van der Waals surface area contributed by atoms with Gasteiger partial charge in [-0.05, 0) is 24.6 Å². The topological polar surface area (TPSA) is 44.1 Å². The Bertz CT molecular complexity index is 552. The molecule has 0 aliphatic heterocycles. The van der Waals surface area contributed by atoms with Crippen LogP contribution in [-0.2, 0) is 6.54 Å². The van der Waals surface area contributed by atoms with Crippen molar-refractivity contribution in [2.45, 2.75) is 19.9 Å². The van der Waals surface area contributed by atoms with Crippen molar-refractivity contribution in [2.75, 3.05) is 0 Å². The zero-order valence-electron chi connectivity index (χ0n) is 9.97.